The zero-order valence-corrected chi connectivity index (χ0v) is 32.4. The summed E-state index contributed by atoms with van der Waals surface area (Å²) in [6.07, 6.45) is 0. The standard InChI is InChI=1S/C42H28Cl4N6O4/c1-21-22(2)32(48-42(56)28-20-24-10-4-6-12-26(24)38(40(28)54)52-50-34-16-8-14-30(44)36(34)46)18-17-31(21)47-41(55)27-19-23-9-3-5-11-25(23)37(39(27)53)51-49-33-15-7-13-29(43)35(33)45/h3-20,53-54H,1-2H3,(H,47,55)(H,48,56). The van der Waals surface area contributed by atoms with Crippen LogP contribution in [0.25, 0.3) is 21.5 Å². The smallest absolute Gasteiger partial charge is 0.259 e. The van der Waals surface area contributed by atoms with Gasteiger partial charge >= 0.3 is 0 Å². The van der Waals surface area contributed by atoms with Gasteiger partial charge in [0.1, 0.15) is 22.7 Å². The van der Waals surface area contributed by atoms with E-state index >= 15 is 0 Å². The molecule has 0 bridgehead atoms. The van der Waals surface area contributed by atoms with E-state index in [1.807, 2.05) is 0 Å². The molecule has 0 radical (unpaired) electrons. The van der Waals surface area contributed by atoms with Gasteiger partial charge < -0.3 is 20.8 Å². The first-order valence-electron chi connectivity index (χ1n) is 16.9. The maximum Gasteiger partial charge on any atom is 0.259 e. The summed E-state index contributed by atoms with van der Waals surface area (Å²) in [6.45, 7) is 3.56. The van der Waals surface area contributed by atoms with Crippen molar-refractivity contribution in [2.24, 2.45) is 20.5 Å². The summed E-state index contributed by atoms with van der Waals surface area (Å²) in [5.74, 6) is -1.98. The topological polar surface area (TPSA) is 148 Å². The molecule has 0 spiro atoms. The number of fused-ring (bicyclic) bond motifs is 2. The van der Waals surface area contributed by atoms with Crippen LogP contribution in [-0.2, 0) is 0 Å². The second-order valence-electron chi connectivity index (χ2n) is 12.5. The van der Waals surface area contributed by atoms with Gasteiger partial charge in [-0.1, -0.05) is 107 Å². The number of phenols is 2. The molecule has 7 rings (SSSR count). The Morgan fingerprint density at radius 2 is 0.911 bits per heavy atom. The summed E-state index contributed by atoms with van der Waals surface area (Å²) in [6, 6.07) is 30.5. The lowest BCUT2D eigenvalue weighted by Gasteiger charge is -2.17. The van der Waals surface area contributed by atoms with E-state index in [9.17, 15) is 19.8 Å². The molecule has 56 heavy (non-hydrogen) atoms. The van der Waals surface area contributed by atoms with E-state index in [1.165, 1.54) is 0 Å². The maximum absolute atomic E-state index is 13.8. The van der Waals surface area contributed by atoms with Gasteiger partial charge in [0.05, 0.1) is 31.2 Å². The minimum absolute atomic E-state index is 0.0401. The normalized spacial score (nSPS) is 11.5. The van der Waals surface area contributed by atoms with Crippen molar-refractivity contribution in [1.29, 1.82) is 0 Å². The molecule has 7 aromatic rings. The Morgan fingerprint density at radius 3 is 1.32 bits per heavy atom. The highest BCUT2D eigenvalue weighted by Gasteiger charge is 2.22. The van der Waals surface area contributed by atoms with E-state index in [2.05, 4.69) is 31.1 Å². The van der Waals surface area contributed by atoms with Crippen LogP contribution in [0.15, 0.2) is 130 Å². The van der Waals surface area contributed by atoms with Crippen LogP contribution in [0.2, 0.25) is 20.1 Å². The van der Waals surface area contributed by atoms with Crippen molar-refractivity contribution in [3.8, 4) is 11.5 Å². The molecule has 0 aromatic heterocycles. The third kappa shape index (κ3) is 7.47. The molecule has 0 atom stereocenters. The van der Waals surface area contributed by atoms with E-state index in [0.717, 1.165) is 0 Å². The van der Waals surface area contributed by atoms with Crippen LogP contribution < -0.4 is 10.6 Å². The van der Waals surface area contributed by atoms with E-state index in [-0.39, 0.29) is 55.4 Å². The van der Waals surface area contributed by atoms with E-state index in [4.69, 9.17) is 46.4 Å². The van der Waals surface area contributed by atoms with Gasteiger partial charge in [0, 0.05) is 22.1 Å². The van der Waals surface area contributed by atoms with Crippen LogP contribution in [0.3, 0.4) is 0 Å². The minimum Gasteiger partial charge on any atom is -0.505 e. The Bertz CT molecular complexity index is 2620. The molecule has 0 saturated carbocycles. The van der Waals surface area contributed by atoms with Crippen molar-refractivity contribution in [2.45, 2.75) is 13.8 Å². The molecule has 2 amide bonds. The number of halogens is 4. The van der Waals surface area contributed by atoms with Gasteiger partial charge in [0.2, 0.25) is 0 Å². The Labute approximate surface area is 340 Å². The number of amides is 2. The van der Waals surface area contributed by atoms with E-state index in [1.54, 1.807) is 123 Å². The van der Waals surface area contributed by atoms with Crippen LogP contribution in [0.5, 0.6) is 11.5 Å². The highest BCUT2D eigenvalue weighted by molar-refractivity contribution is 6.44. The van der Waals surface area contributed by atoms with Gasteiger partial charge in [0.25, 0.3) is 11.8 Å². The predicted octanol–water partition coefficient (Wildman–Crippen LogP) is 14.0. The number of nitrogens with zero attached hydrogens (tertiary/aromatic N) is 4. The van der Waals surface area contributed by atoms with Gasteiger partial charge in [-0.05, 0) is 84.3 Å². The van der Waals surface area contributed by atoms with Gasteiger partial charge in [-0.15, -0.1) is 20.5 Å². The molecule has 0 heterocycles. The monoisotopic (exact) mass is 820 g/mol. The molecule has 278 valence electrons. The Kier molecular flexibility index (Phi) is 10.9. The number of hydrogen-bond donors (Lipinski definition) is 4. The summed E-state index contributed by atoms with van der Waals surface area (Å²) >= 11 is 24.9. The van der Waals surface area contributed by atoms with Crippen LogP contribution in [0.1, 0.15) is 31.8 Å². The minimum atomic E-state index is -0.605. The average molecular weight is 823 g/mol. The number of carbonyl (C=O) groups is 2. The predicted molar refractivity (Wildman–Crippen MR) is 224 cm³/mol. The maximum atomic E-state index is 13.8. The Balaban J connectivity index is 1.17. The summed E-state index contributed by atoms with van der Waals surface area (Å²) in [7, 11) is 0. The second-order valence-corrected chi connectivity index (χ2v) is 14.1. The van der Waals surface area contributed by atoms with Crippen molar-refractivity contribution in [2.75, 3.05) is 10.6 Å². The molecule has 0 fully saturated rings. The van der Waals surface area contributed by atoms with Crippen molar-refractivity contribution < 1.29 is 19.8 Å². The molecule has 7 aromatic carbocycles. The summed E-state index contributed by atoms with van der Waals surface area (Å²) < 4.78 is 0. The van der Waals surface area contributed by atoms with Crippen LogP contribution in [0.4, 0.5) is 34.1 Å². The first kappa shape index (κ1) is 38.2. The molecular formula is C42H28Cl4N6O4. The van der Waals surface area contributed by atoms with Crippen LogP contribution in [-0.4, -0.2) is 22.0 Å². The Morgan fingerprint density at radius 1 is 0.518 bits per heavy atom. The first-order valence-corrected chi connectivity index (χ1v) is 18.4. The lowest BCUT2D eigenvalue weighted by molar-refractivity contribution is 0.101. The van der Waals surface area contributed by atoms with Crippen LogP contribution in [0, 0.1) is 13.8 Å². The molecule has 0 aliphatic carbocycles. The summed E-state index contributed by atoms with van der Waals surface area (Å²) in [4.78, 5) is 27.5. The number of benzene rings is 7. The highest BCUT2D eigenvalue weighted by atomic mass is 35.5. The lowest BCUT2D eigenvalue weighted by atomic mass is 10.0. The molecular weight excluding hydrogens is 794 g/mol. The third-order valence-corrected chi connectivity index (χ3v) is 10.8. The first-order chi connectivity index (χ1) is 26.9. The lowest BCUT2D eigenvalue weighted by Crippen LogP contribution is -2.16. The van der Waals surface area contributed by atoms with Gasteiger partial charge in [-0.3, -0.25) is 9.59 Å². The molecule has 0 aliphatic heterocycles. The number of aromatic hydroxyl groups is 2. The second kappa shape index (κ2) is 16.0. The fourth-order valence-corrected chi connectivity index (χ4v) is 6.67. The largest absolute Gasteiger partial charge is 0.505 e. The van der Waals surface area contributed by atoms with Gasteiger partial charge in [-0.25, -0.2) is 0 Å². The van der Waals surface area contributed by atoms with Crippen molar-refractivity contribution in [3.63, 3.8) is 0 Å². The molecule has 10 nitrogen and oxygen atoms in total. The highest BCUT2D eigenvalue weighted by Crippen LogP contribution is 2.43. The average Bonchev–Trinajstić information content (AvgIpc) is 3.19. The van der Waals surface area contributed by atoms with E-state index < -0.39 is 11.8 Å². The number of azo groups is 2. The van der Waals surface area contributed by atoms with Crippen molar-refractivity contribution in [3.05, 3.63) is 152 Å². The number of rotatable bonds is 8. The molecule has 0 unspecified atom stereocenters. The van der Waals surface area contributed by atoms with Gasteiger partial charge in [-0.2, -0.15) is 0 Å². The van der Waals surface area contributed by atoms with Crippen molar-refractivity contribution >= 4 is 114 Å². The zero-order valence-electron chi connectivity index (χ0n) is 29.4. The quantitative estimate of drug-likeness (QED) is 0.113. The summed E-state index contributed by atoms with van der Waals surface area (Å²) in [5, 5.41) is 48.9. The molecule has 0 aliphatic rings. The fourth-order valence-electron chi connectivity index (χ4n) is 6.00. The van der Waals surface area contributed by atoms with Crippen molar-refractivity contribution in [1.82, 2.24) is 0 Å². The number of phenolic OH excluding ortho intramolecular Hbond substituents is 2. The summed E-state index contributed by atoms with van der Waals surface area (Å²) in [5.41, 5.74) is 2.79. The SMILES string of the molecule is Cc1c(NC(=O)c2cc3ccccc3c(N=Nc3cccc(Cl)c3Cl)c2O)ccc(NC(=O)c2cc3ccccc3c(N=Nc3cccc(Cl)c3Cl)c2O)c1C. The number of carbonyl (C=O) groups excluding carboxylic acids is 2. The fraction of sp³-hybridized carbons (Fsp3) is 0.0476. The Hall–Kier alpha value is -6.04. The molecule has 0 saturated heterocycles. The number of hydrogen-bond acceptors (Lipinski definition) is 8. The molecule has 4 N–H and O–H groups in total. The van der Waals surface area contributed by atoms with E-state index in [0.29, 0.717) is 54.1 Å². The van der Waals surface area contributed by atoms with Crippen LogP contribution >= 0.6 is 46.4 Å². The molecule has 14 heteroatoms. The van der Waals surface area contributed by atoms with Gasteiger partial charge in [0.15, 0.2) is 11.5 Å². The number of anilines is 2. The number of nitrogens with one attached hydrogen (secondary N) is 2. The third-order valence-electron chi connectivity index (χ3n) is 9.14. The zero-order chi connectivity index (χ0) is 39.7.